The highest BCUT2D eigenvalue weighted by molar-refractivity contribution is 7.66. The third-order valence-corrected chi connectivity index (χ3v) is 7.64. The summed E-state index contributed by atoms with van der Waals surface area (Å²) in [6.07, 6.45) is -5.69. The van der Waals surface area contributed by atoms with E-state index < -0.39 is 65.9 Å². The van der Waals surface area contributed by atoms with Gasteiger partial charge in [-0.1, -0.05) is 0 Å². The minimum absolute atomic E-state index is 0.0381. The van der Waals surface area contributed by atoms with Crippen LogP contribution in [0.25, 0.3) is 0 Å². The Morgan fingerprint density at radius 2 is 1.72 bits per heavy atom. The van der Waals surface area contributed by atoms with Gasteiger partial charge in [-0.15, -0.1) is 0 Å². The topological polar surface area (TPSA) is 276 Å². The molecule has 32 heavy (non-hydrogen) atoms. The molecule has 0 saturated carbocycles. The lowest BCUT2D eigenvalue weighted by Gasteiger charge is -2.19. The number of hydrogen-bond acceptors (Lipinski definition) is 12. The van der Waals surface area contributed by atoms with Crippen molar-refractivity contribution >= 4 is 23.5 Å². The molecule has 1 aromatic heterocycles. The molecule has 0 aromatic carbocycles. The maximum Gasteiger partial charge on any atom is 0.490 e. The van der Waals surface area contributed by atoms with Gasteiger partial charge in [0.1, 0.15) is 18.3 Å². The Morgan fingerprint density at radius 1 is 1.09 bits per heavy atom. The number of nitrogens with zero attached hydrogens (tertiary/aromatic N) is 1. The standard InChI is InChI=1S/C11H20N3O15P3/c1-12-2-5-3-14(11(18)13-9(5)17)10-8(16)7(15)6(27-10)4-26-31(22,23)29-32(24,25)28-30(19,20)21/h3,6-8,10,12,15-16H,2,4H2,1H3,(H,22,23)(H,24,25)(H,13,17,18)(H2,19,20,21)/t6-,7?,8+,10-/m1/s1. The van der Waals surface area contributed by atoms with Crippen LogP contribution in [0.1, 0.15) is 11.8 Å². The molecule has 0 bridgehead atoms. The van der Waals surface area contributed by atoms with Crippen molar-refractivity contribution in [3.05, 3.63) is 32.6 Å². The summed E-state index contributed by atoms with van der Waals surface area (Å²) in [5, 5.41) is 23.0. The Hall–Kier alpha value is -1.07. The van der Waals surface area contributed by atoms with Gasteiger partial charge in [0.15, 0.2) is 6.23 Å². The van der Waals surface area contributed by atoms with Crippen LogP contribution in [0.4, 0.5) is 0 Å². The summed E-state index contributed by atoms with van der Waals surface area (Å²) in [4.78, 5) is 61.3. The van der Waals surface area contributed by atoms with E-state index in [0.717, 1.165) is 10.8 Å². The Morgan fingerprint density at radius 3 is 2.28 bits per heavy atom. The van der Waals surface area contributed by atoms with Crippen molar-refractivity contribution in [2.75, 3.05) is 13.7 Å². The summed E-state index contributed by atoms with van der Waals surface area (Å²) in [6.45, 7) is -1.02. The van der Waals surface area contributed by atoms with E-state index in [1.54, 1.807) is 0 Å². The first-order chi connectivity index (χ1) is 14.6. The van der Waals surface area contributed by atoms with E-state index in [2.05, 4.69) is 18.5 Å². The van der Waals surface area contributed by atoms with Gasteiger partial charge >= 0.3 is 29.2 Å². The van der Waals surface area contributed by atoms with Crippen molar-refractivity contribution in [3.63, 3.8) is 0 Å². The third kappa shape index (κ3) is 7.21. The first-order valence-corrected chi connectivity index (χ1v) is 12.9. The molecule has 1 aliphatic rings. The molecule has 18 nitrogen and oxygen atoms in total. The van der Waals surface area contributed by atoms with Crippen molar-refractivity contribution in [1.29, 1.82) is 0 Å². The van der Waals surface area contributed by atoms with Gasteiger partial charge in [-0.25, -0.2) is 18.5 Å². The van der Waals surface area contributed by atoms with Crippen LogP contribution < -0.4 is 16.6 Å². The van der Waals surface area contributed by atoms with Crippen molar-refractivity contribution in [2.24, 2.45) is 0 Å². The number of aromatic amines is 1. The monoisotopic (exact) mass is 527 g/mol. The number of H-pyrrole nitrogens is 1. The summed E-state index contributed by atoms with van der Waals surface area (Å²) in [7, 11) is -15.3. The Labute approximate surface area is 177 Å². The molecule has 2 rings (SSSR count). The van der Waals surface area contributed by atoms with Gasteiger partial charge in [0, 0.05) is 18.3 Å². The van der Waals surface area contributed by atoms with Crippen molar-refractivity contribution in [3.8, 4) is 0 Å². The molecule has 21 heteroatoms. The van der Waals surface area contributed by atoms with E-state index in [4.69, 9.17) is 19.4 Å². The average molecular weight is 527 g/mol. The highest BCUT2D eigenvalue weighted by Gasteiger charge is 2.46. The van der Waals surface area contributed by atoms with Gasteiger partial charge in [0.2, 0.25) is 0 Å². The molecule has 1 saturated heterocycles. The fourth-order valence-electron chi connectivity index (χ4n) is 2.60. The normalized spacial score (nSPS) is 27.7. The number of aliphatic hydroxyl groups excluding tert-OH is 2. The van der Waals surface area contributed by atoms with Crippen LogP contribution >= 0.6 is 23.5 Å². The zero-order chi connectivity index (χ0) is 24.5. The van der Waals surface area contributed by atoms with Crippen LogP contribution in [-0.4, -0.2) is 71.3 Å². The predicted octanol–water partition coefficient (Wildman–Crippen LogP) is -2.78. The number of ether oxygens (including phenoxy) is 1. The fourth-order valence-corrected chi connectivity index (χ4v) is 5.63. The molecular formula is C11H20N3O15P3. The minimum atomic E-state index is -5.75. The lowest BCUT2D eigenvalue weighted by atomic mass is 10.1. The molecule has 0 amide bonds. The zero-order valence-electron chi connectivity index (χ0n) is 15.9. The molecule has 1 aromatic rings. The van der Waals surface area contributed by atoms with E-state index in [-0.39, 0.29) is 12.1 Å². The minimum Gasteiger partial charge on any atom is -0.387 e. The lowest BCUT2D eigenvalue weighted by molar-refractivity contribution is -0.0543. The third-order valence-electron chi connectivity index (χ3n) is 3.84. The van der Waals surface area contributed by atoms with Gasteiger partial charge in [0.25, 0.3) is 5.56 Å². The van der Waals surface area contributed by atoms with Gasteiger partial charge in [-0.05, 0) is 7.05 Å². The lowest BCUT2D eigenvalue weighted by Crippen LogP contribution is -2.39. The maximum atomic E-state index is 12.1. The van der Waals surface area contributed by atoms with E-state index in [9.17, 15) is 38.4 Å². The average Bonchev–Trinajstić information content (AvgIpc) is 2.87. The van der Waals surface area contributed by atoms with Crippen LogP contribution in [0.5, 0.6) is 0 Å². The molecule has 184 valence electrons. The van der Waals surface area contributed by atoms with Crippen LogP contribution in [-0.2, 0) is 38.1 Å². The summed E-state index contributed by atoms with van der Waals surface area (Å²) < 4.78 is 51.1. The second-order valence-electron chi connectivity index (χ2n) is 6.28. The summed E-state index contributed by atoms with van der Waals surface area (Å²) in [5.74, 6) is 0. The van der Waals surface area contributed by atoms with E-state index in [0.29, 0.717) is 0 Å². The van der Waals surface area contributed by atoms with Crippen LogP contribution in [0, 0.1) is 0 Å². The zero-order valence-corrected chi connectivity index (χ0v) is 18.6. The van der Waals surface area contributed by atoms with Gasteiger partial charge in [-0.2, -0.15) is 8.62 Å². The first-order valence-electron chi connectivity index (χ1n) is 8.34. The van der Waals surface area contributed by atoms with E-state index in [1.807, 2.05) is 4.98 Å². The van der Waals surface area contributed by atoms with Crippen molar-refractivity contribution < 1.29 is 61.4 Å². The number of nitrogens with one attached hydrogen (secondary N) is 2. The molecular weight excluding hydrogens is 507 g/mol. The second-order valence-corrected chi connectivity index (χ2v) is 10.7. The molecule has 0 radical (unpaired) electrons. The van der Waals surface area contributed by atoms with Gasteiger partial charge in [0.05, 0.1) is 6.61 Å². The maximum absolute atomic E-state index is 12.1. The number of rotatable bonds is 10. The Kier molecular flexibility index (Phi) is 8.53. The predicted molar refractivity (Wildman–Crippen MR) is 99.8 cm³/mol. The van der Waals surface area contributed by atoms with Gasteiger partial charge in [-0.3, -0.25) is 18.9 Å². The van der Waals surface area contributed by atoms with Crippen molar-refractivity contribution in [1.82, 2.24) is 14.9 Å². The molecule has 2 heterocycles. The number of aliphatic hydroxyl groups is 2. The molecule has 0 spiro atoms. The second kappa shape index (κ2) is 10.0. The molecule has 0 aliphatic carbocycles. The fraction of sp³-hybridized carbons (Fsp3) is 0.636. The van der Waals surface area contributed by atoms with Crippen LogP contribution in [0.15, 0.2) is 15.8 Å². The molecule has 6 atom stereocenters. The number of hydrogen-bond donors (Lipinski definition) is 8. The molecule has 3 unspecified atom stereocenters. The first kappa shape index (κ1) is 27.2. The number of aromatic nitrogens is 2. The summed E-state index contributed by atoms with van der Waals surface area (Å²) in [6, 6.07) is 0. The Bertz CT molecular complexity index is 1080. The smallest absolute Gasteiger partial charge is 0.387 e. The van der Waals surface area contributed by atoms with E-state index in [1.165, 1.54) is 7.05 Å². The van der Waals surface area contributed by atoms with Crippen LogP contribution in [0.3, 0.4) is 0 Å². The van der Waals surface area contributed by atoms with Gasteiger partial charge < -0.3 is 39.8 Å². The molecule has 8 N–H and O–H groups in total. The highest BCUT2D eigenvalue weighted by atomic mass is 31.3. The van der Waals surface area contributed by atoms with Crippen molar-refractivity contribution in [2.45, 2.75) is 31.1 Å². The summed E-state index contributed by atoms with van der Waals surface area (Å²) in [5.41, 5.74) is -1.63. The quantitative estimate of drug-likeness (QED) is 0.143. The SMILES string of the molecule is CNCc1cn([C@@H]2O[C@H](COP(=O)(O)OP(=O)(O)OP(=O)(O)O)C(O)[C@@H]2O)c(=O)[nH]c1=O. The summed E-state index contributed by atoms with van der Waals surface area (Å²) >= 11 is 0. The van der Waals surface area contributed by atoms with E-state index >= 15 is 0 Å². The molecule has 1 fully saturated rings. The highest BCUT2D eigenvalue weighted by Crippen LogP contribution is 2.66. The number of phosphoric acid groups is 3. The number of phosphoric ester groups is 1. The molecule has 1 aliphatic heterocycles. The Balaban J connectivity index is 2.13. The van der Waals surface area contributed by atoms with Crippen LogP contribution in [0.2, 0.25) is 0 Å². The largest absolute Gasteiger partial charge is 0.490 e.